The van der Waals surface area contributed by atoms with Gasteiger partial charge in [-0.3, -0.25) is 5.10 Å². The number of nitrogens with zero attached hydrogens (tertiary/aromatic N) is 1. The zero-order valence-electron chi connectivity index (χ0n) is 5.01. The third kappa shape index (κ3) is 0.650. The van der Waals surface area contributed by atoms with Crippen LogP contribution < -0.4 is 0 Å². The molecule has 0 spiro atoms. The highest BCUT2D eigenvalue weighted by Gasteiger charge is 1.96. The summed E-state index contributed by atoms with van der Waals surface area (Å²) >= 11 is 1.77. The SMILES string of the molecule is Cc1cc2[nH]ncc2s1. The van der Waals surface area contributed by atoms with Crippen LogP contribution in [-0.4, -0.2) is 10.2 Å². The Bertz CT molecular complexity index is 292. The molecular weight excluding hydrogens is 132 g/mol. The second-order valence-corrected chi connectivity index (χ2v) is 3.29. The summed E-state index contributed by atoms with van der Waals surface area (Å²) in [6.45, 7) is 2.10. The lowest BCUT2D eigenvalue weighted by molar-refractivity contribution is 1.12. The van der Waals surface area contributed by atoms with E-state index in [1.54, 1.807) is 11.3 Å². The van der Waals surface area contributed by atoms with Crippen LogP contribution in [0.3, 0.4) is 0 Å². The van der Waals surface area contributed by atoms with Gasteiger partial charge in [-0.25, -0.2) is 0 Å². The topological polar surface area (TPSA) is 28.7 Å². The first-order chi connectivity index (χ1) is 4.36. The highest BCUT2D eigenvalue weighted by atomic mass is 32.1. The van der Waals surface area contributed by atoms with Gasteiger partial charge >= 0.3 is 0 Å². The second kappa shape index (κ2) is 1.57. The fraction of sp³-hybridized carbons (Fsp3) is 0.167. The van der Waals surface area contributed by atoms with E-state index in [9.17, 15) is 0 Å². The van der Waals surface area contributed by atoms with Gasteiger partial charge in [-0.2, -0.15) is 5.10 Å². The molecule has 0 saturated heterocycles. The molecule has 9 heavy (non-hydrogen) atoms. The van der Waals surface area contributed by atoms with Crippen molar-refractivity contribution in [3.63, 3.8) is 0 Å². The Morgan fingerprint density at radius 1 is 1.67 bits per heavy atom. The van der Waals surface area contributed by atoms with Crippen LogP contribution in [0.2, 0.25) is 0 Å². The standard InChI is InChI=1S/C6H6N2S/c1-4-2-5-6(9-4)3-7-8-5/h2-3H,1H3,(H,7,8). The highest BCUT2D eigenvalue weighted by molar-refractivity contribution is 7.18. The number of aromatic nitrogens is 2. The monoisotopic (exact) mass is 138 g/mol. The average molecular weight is 138 g/mol. The van der Waals surface area contributed by atoms with Crippen LogP contribution in [-0.2, 0) is 0 Å². The first-order valence-corrected chi connectivity index (χ1v) is 3.57. The molecule has 0 bridgehead atoms. The third-order valence-electron chi connectivity index (χ3n) is 1.25. The fourth-order valence-corrected chi connectivity index (χ4v) is 1.72. The van der Waals surface area contributed by atoms with Crippen LogP contribution in [0.4, 0.5) is 0 Å². The minimum atomic E-state index is 1.15. The van der Waals surface area contributed by atoms with E-state index in [1.807, 2.05) is 6.20 Å². The number of rotatable bonds is 0. The quantitative estimate of drug-likeness (QED) is 0.592. The Labute approximate surface area is 56.5 Å². The molecule has 0 aliphatic rings. The zero-order chi connectivity index (χ0) is 6.27. The van der Waals surface area contributed by atoms with Gasteiger partial charge in [-0.05, 0) is 13.0 Å². The molecule has 0 unspecified atom stereocenters. The van der Waals surface area contributed by atoms with Crippen LogP contribution in [0.25, 0.3) is 10.2 Å². The lowest BCUT2D eigenvalue weighted by atomic mass is 10.4. The van der Waals surface area contributed by atoms with Crippen LogP contribution in [0, 0.1) is 6.92 Å². The molecule has 0 atom stereocenters. The van der Waals surface area contributed by atoms with Crippen molar-refractivity contribution >= 4 is 21.6 Å². The summed E-state index contributed by atoms with van der Waals surface area (Å²) in [4.78, 5) is 1.33. The third-order valence-corrected chi connectivity index (χ3v) is 2.24. The molecule has 2 aromatic heterocycles. The summed E-state index contributed by atoms with van der Waals surface area (Å²) in [6, 6.07) is 2.10. The predicted octanol–water partition coefficient (Wildman–Crippen LogP) is 1.93. The largest absolute Gasteiger partial charge is 0.277 e. The minimum absolute atomic E-state index is 1.15. The van der Waals surface area contributed by atoms with Crippen molar-refractivity contribution < 1.29 is 0 Å². The molecular formula is C6H6N2S. The minimum Gasteiger partial charge on any atom is -0.277 e. The van der Waals surface area contributed by atoms with E-state index in [1.165, 1.54) is 9.58 Å². The zero-order valence-corrected chi connectivity index (χ0v) is 5.83. The number of hydrogen-bond donors (Lipinski definition) is 1. The Morgan fingerprint density at radius 3 is 3.33 bits per heavy atom. The van der Waals surface area contributed by atoms with Crippen LogP contribution in [0.1, 0.15) is 4.88 Å². The lowest BCUT2D eigenvalue weighted by Crippen LogP contribution is -1.61. The van der Waals surface area contributed by atoms with Crippen molar-refractivity contribution in [2.24, 2.45) is 0 Å². The Balaban J connectivity index is 2.92. The molecule has 1 N–H and O–H groups in total. The van der Waals surface area contributed by atoms with E-state index in [0.717, 1.165) is 5.52 Å². The van der Waals surface area contributed by atoms with E-state index in [0.29, 0.717) is 0 Å². The number of H-pyrrole nitrogens is 1. The van der Waals surface area contributed by atoms with Gasteiger partial charge in [0.2, 0.25) is 0 Å². The summed E-state index contributed by atoms with van der Waals surface area (Å²) in [5, 5.41) is 6.79. The van der Waals surface area contributed by atoms with Crippen molar-refractivity contribution in [1.82, 2.24) is 10.2 Å². The van der Waals surface area contributed by atoms with Gasteiger partial charge in [0.15, 0.2) is 0 Å². The molecule has 0 aromatic carbocycles. The molecule has 2 rings (SSSR count). The molecule has 46 valence electrons. The van der Waals surface area contributed by atoms with E-state index < -0.39 is 0 Å². The number of nitrogens with one attached hydrogen (secondary N) is 1. The molecule has 2 aromatic rings. The maximum atomic E-state index is 3.89. The fourth-order valence-electron chi connectivity index (χ4n) is 0.876. The van der Waals surface area contributed by atoms with Gasteiger partial charge in [-0.15, -0.1) is 11.3 Å². The van der Waals surface area contributed by atoms with Gasteiger partial charge < -0.3 is 0 Å². The molecule has 0 amide bonds. The molecule has 2 nitrogen and oxygen atoms in total. The molecule has 2 heterocycles. The highest BCUT2D eigenvalue weighted by Crippen LogP contribution is 2.21. The number of hydrogen-bond acceptors (Lipinski definition) is 2. The molecule has 0 radical (unpaired) electrons. The van der Waals surface area contributed by atoms with Crippen LogP contribution >= 0.6 is 11.3 Å². The van der Waals surface area contributed by atoms with E-state index in [-0.39, 0.29) is 0 Å². The van der Waals surface area contributed by atoms with Crippen molar-refractivity contribution in [2.75, 3.05) is 0 Å². The van der Waals surface area contributed by atoms with Gasteiger partial charge in [-0.1, -0.05) is 0 Å². The molecule has 0 aliphatic heterocycles. The Morgan fingerprint density at radius 2 is 2.56 bits per heavy atom. The summed E-state index contributed by atoms with van der Waals surface area (Å²) in [7, 11) is 0. The number of fused-ring (bicyclic) bond motifs is 1. The normalized spacial score (nSPS) is 10.8. The van der Waals surface area contributed by atoms with E-state index in [4.69, 9.17) is 0 Å². The number of aromatic amines is 1. The smallest absolute Gasteiger partial charge is 0.0761 e. The summed E-state index contributed by atoms with van der Waals surface area (Å²) in [5.74, 6) is 0. The molecule has 0 saturated carbocycles. The maximum absolute atomic E-state index is 3.89. The van der Waals surface area contributed by atoms with Gasteiger partial charge in [0.05, 0.1) is 16.4 Å². The molecule has 0 aliphatic carbocycles. The average Bonchev–Trinajstić information content (AvgIpc) is 2.22. The van der Waals surface area contributed by atoms with Crippen LogP contribution in [0.5, 0.6) is 0 Å². The van der Waals surface area contributed by atoms with E-state index >= 15 is 0 Å². The van der Waals surface area contributed by atoms with Crippen molar-refractivity contribution in [2.45, 2.75) is 6.92 Å². The maximum Gasteiger partial charge on any atom is 0.0761 e. The first kappa shape index (κ1) is 4.99. The number of aryl methyl sites for hydroxylation is 1. The van der Waals surface area contributed by atoms with Crippen LogP contribution in [0.15, 0.2) is 12.3 Å². The van der Waals surface area contributed by atoms with Gasteiger partial charge in [0.25, 0.3) is 0 Å². The lowest BCUT2D eigenvalue weighted by Gasteiger charge is -1.70. The van der Waals surface area contributed by atoms with E-state index in [2.05, 4.69) is 23.2 Å². The Hall–Kier alpha value is -0.830. The predicted molar refractivity (Wildman–Crippen MR) is 38.7 cm³/mol. The van der Waals surface area contributed by atoms with Gasteiger partial charge in [0.1, 0.15) is 0 Å². The number of thiophene rings is 1. The molecule has 3 heteroatoms. The summed E-state index contributed by atoms with van der Waals surface area (Å²) in [6.07, 6.45) is 1.85. The first-order valence-electron chi connectivity index (χ1n) is 2.76. The summed E-state index contributed by atoms with van der Waals surface area (Å²) < 4.78 is 1.24. The summed E-state index contributed by atoms with van der Waals surface area (Å²) in [5.41, 5.74) is 1.15. The molecule has 0 fully saturated rings. The van der Waals surface area contributed by atoms with Crippen molar-refractivity contribution in [3.8, 4) is 0 Å². The van der Waals surface area contributed by atoms with Crippen molar-refractivity contribution in [3.05, 3.63) is 17.1 Å². The van der Waals surface area contributed by atoms with Gasteiger partial charge in [0, 0.05) is 4.88 Å². The van der Waals surface area contributed by atoms with Crippen molar-refractivity contribution in [1.29, 1.82) is 0 Å². The second-order valence-electron chi connectivity index (χ2n) is 2.00. The Kier molecular flexibility index (Phi) is 0.873.